The summed E-state index contributed by atoms with van der Waals surface area (Å²) in [4.78, 5) is 11.1. The number of nitrogens with zero attached hydrogens (tertiary/aromatic N) is 2. The van der Waals surface area contributed by atoms with Gasteiger partial charge in [0.15, 0.2) is 5.82 Å². The second-order valence-corrected chi connectivity index (χ2v) is 8.02. The van der Waals surface area contributed by atoms with E-state index in [1.165, 1.54) is 6.07 Å². The van der Waals surface area contributed by atoms with E-state index in [-0.39, 0.29) is 12.1 Å². The molecule has 9 heteroatoms. The number of para-hydroxylation sites is 1. The number of benzene rings is 2. The van der Waals surface area contributed by atoms with Crippen molar-refractivity contribution >= 4 is 44.5 Å². The van der Waals surface area contributed by atoms with Crippen LogP contribution in [0.5, 0.6) is 0 Å². The highest BCUT2D eigenvalue weighted by atomic mass is 32.1. The maximum atomic E-state index is 14.6. The van der Waals surface area contributed by atoms with Crippen molar-refractivity contribution in [2.24, 2.45) is 5.73 Å². The zero-order valence-corrected chi connectivity index (χ0v) is 18.2. The number of primary amides is 1. The fraction of sp³-hybridized carbons (Fsp3) is 0.174. The molecule has 7 nitrogen and oxygen atoms in total. The van der Waals surface area contributed by atoms with Crippen molar-refractivity contribution in [3.05, 3.63) is 65.3 Å². The summed E-state index contributed by atoms with van der Waals surface area (Å²) in [5, 5.41) is 18.0. The molecule has 0 unspecified atom stereocenters. The average molecular weight is 452 g/mol. The number of amides is 1. The molecule has 4 N–H and O–H groups in total. The second-order valence-electron chi connectivity index (χ2n) is 7.11. The molecule has 1 amide bonds. The lowest BCUT2D eigenvalue weighted by Gasteiger charge is -2.13. The van der Waals surface area contributed by atoms with Crippen LogP contribution in [0, 0.1) is 5.82 Å². The van der Waals surface area contributed by atoms with E-state index < -0.39 is 11.7 Å². The monoisotopic (exact) mass is 451 g/mol. The largest absolute Gasteiger partial charge is 0.383 e. The standard InChI is InChI=1S/C23H22FN5O2S/c1-31-10-9-26-18-5-3-2-4-15(18)21-22-16(8-11-32-22)23(29-28-21)27-19-7-6-14(12-17(19)24)13-20(25)30/h2-8,11-12,26H,9-10,13H2,1H3,(H2,25,30)(H,27,29). The summed E-state index contributed by atoms with van der Waals surface area (Å²) in [6.07, 6.45) is -0.0156. The van der Waals surface area contributed by atoms with Crippen molar-refractivity contribution in [2.45, 2.75) is 6.42 Å². The van der Waals surface area contributed by atoms with Gasteiger partial charge in [0.25, 0.3) is 0 Å². The summed E-state index contributed by atoms with van der Waals surface area (Å²) in [6, 6.07) is 14.3. The Bertz CT molecular complexity index is 1260. The molecule has 2 aromatic carbocycles. The minimum absolute atomic E-state index is 0.0156. The third kappa shape index (κ3) is 4.68. The first-order valence-corrected chi connectivity index (χ1v) is 10.8. The summed E-state index contributed by atoms with van der Waals surface area (Å²) in [5.74, 6) is -0.550. The normalized spacial score (nSPS) is 10.9. The molecule has 0 atom stereocenters. The van der Waals surface area contributed by atoms with E-state index >= 15 is 0 Å². The molecule has 0 radical (unpaired) electrons. The number of carbonyl (C=O) groups excluding carboxylic acids is 1. The van der Waals surface area contributed by atoms with Gasteiger partial charge in [-0.25, -0.2) is 4.39 Å². The third-order valence-electron chi connectivity index (χ3n) is 4.85. The van der Waals surface area contributed by atoms with E-state index in [1.807, 2.05) is 35.7 Å². The van der Waals surface area contributed by atoms with Crippen LogP contribution in [0.15, 0.2) is 53.9 Å². The predicted octanol–water partition coefficient (Wildman–Crippen LogP) is 4.33. The zero-order chi connectivity index (χ0) is 22.5. The summed E-state index contributed by atoms with van der Waals surface area (Å²) in [5.41, 5.74) is 8.56. The summed E-state index contributed by atoms with van der Waals surface area (Å²) in [7, 11) is 1.66. The van der Waals surface area contributed by atoms with E-state index in [4.69, 9.17) is 10.5 Å². The van der Waals surface area contributed by atoms with Crippen molar-refractivity contribution in [3.63, 3.8) is 0 Å². The van der Waals surface area contributed by atoms with Crippen LogP contribution in [-0.2, 0) is 16.0 Å². The molecule has 32 heavy (non-hydrogen) atoms. The zero-order valence-electron chi connectivity index (χ0n) is 17.4. The van der Waals surface area contributed by atoms with Crippen molar-refractivity contribution in [2.75, 3.05) is 30.9 Å². The number of methoxy groups -OCH3 is 1. The van der Waals surface area contributed by atoms with Crippen LogP contribution < -0.4 is 16.4 Å². The molecule has 0 saturated heterocycles. The SMILES string of the molecule is COCCNc1ccccc1-c1nnc(Nc2ccc(CC(N)=O)cc2F)c2ccsc12. The molecular formula is C23H22FN5O2S. The Morgan fingerprint density at radius 2 is 2.00 bits per heavy atom. The molecule has 0 aliphatic carbocycles. The Morgan fingerprint density at radius 1 is 1.16 bits per heavy atom. The van der Waals surface area contributed by atoms with Gasteiger partial charge in [0.2, 0.25) is 5.91 Å². The lowest BCUT2D eigenvalue weighted by atomic mass is 10.1. The Balaban J connectivity index is 1.67. The van der Waals surface area contributed by atoms with Gasteiger partial charge in [-0.15, -0.1) is 21.5 Å². The quantitative estimate of drug-likeness (QED) is 0.328. The minimum Gasteiger partial charge on any atom is -0.383 e. The molecular weight excluding hydrogens is 429 g/mol. The first kappa shape index (κ1) is 21.7. The summed E-state index contributed by atoms with van der Waals surface area (Å²) in [6.45, 7) is 1.25. The van der Waals surface area contributed by atoms with Crippen molar-refractivity contribution < 1.29 is 13.9 Å². The Labute approximate surface area is 188 Å². The van der Waals surface area contributed by atoms with Gasteiger partial charge >= 0.3 is 0 Å². The van der Waals surface area contributed by atoms with Gasteiger partial charge in [0.1, 0.15) is 11.5 Å². The number of hydrogen-bond acceptors (Lipinski definition) is 7. The predicted molar refractivity (Wildman–Crippen MR) is 126 cm³/mol. The second kappa shape index (κ2) is 9.71. The molecule has 2 heterocycles. The third-order valence-corrected chi connectivity index (χ3v) is 5.78. The molecule has 4 rings (SSSR count). The van der Waals surface area contributed by atoms with Gasteiger partial charge < -0.3 is 21.1 Å². The van der Waals surface area contributed by atoms with Crippen LogP contribution in [0.25, 0.3) is 21.3 Å². The number of fused-ring (bicyclic) bond motifs is 1. The first-order chi connectivity index (χ1) is 15.6. The highest BCUT2D eigenvalue weighted by Crippen LogP contribution is 2.37. The number of nitrogens with one attached hydrogen (secondary N) is 2. The van der Waals surface area contributed by atoms with E-state index in [2.05, 4.69) is 20.8 Å². The lowest BCUT2D eigenvalue weighted by molar-refractivity contribution is -0.117. The van der Waals surface area contributed by atoms with Crippen molar-refractivity contribution in [1.82, 2.24) is 10.2 Å². The number of nitrogens with two attached hydrogens (primary N) is 1. The molecule has 4 aromatic rings. The number of anilines is 3. The van der Waals surface area contributed by atoms with Crippen LogP contribution in [0.3, 0.4) is 0 Å². The van der Waals surface area contributed by atoms with Gasteiger partial charge in [-0.05, 0) is 35.2 Å². The van der Waals surface area contributed by atoms with E-state index in [0.29, 0.717) is 24.5 Å². The van der Waals surface area contributed by atoms with Gasteiger partial charge in [0.05, 0.1) is 23.4 Å². The van der Waals surface area contributed by atoms with Crippen molar-refractivity contribution in [1.29, 1.82) is 0 Å². The smallest absolute Gasteiger partial charge is 0.221 e. The van der Waals surface area contributed by atoms with Gasteiger partial charge in [-0.2, -0.15) is 0 Å². The first-order valence-electron chi connectivity index (χ1n) is 9.96. The number of rotatable bonds is 9. The number of carbonyl (C=O) groups is 1. The Morgan fingerprint density at radius 3 is 2.78 bits per heavy atom. The van der Waals surface area contributed by atoms with Crippen LogP contribution >= 0.6 is 11.3 Å². The maximum absolute atomic E-state index is 14.6. The van der Waals surface area contributed by atoms with Gasteiger partial charge in [-0.3, -0.25) is 4.79 Å². The molecule has 0 aliphatic rings. The number of hydrogen-bond donors (Lipinski definition) is 3. The highest BCUT2D eigenvalue weighted by Gasteiger charge is 2.16. The molecule has 0 saturated carbocycles. The minimum atomic E-state index is -0.511. The number of ether oxygens (including phenoxy) is 1. The number of halogens is 1. The van der Waals surface area contributed by atoms with Crippen LogP contribution in [-0.4, -0.2) is 36.4 Å². The topological polar surface area (TPSA) is 102 Å². The Hall–Kier alpha value is -3.56. The molecule has 2 aromatic heterocycles. The fourth-order valence-electron chi connectivity index (χ4n) is 3.38. The fourth-order valence-corrected chi connectivity index (χ4v) is 4.27. The molecule has 0 aliphatic heterocycles. The average Bonchev–Trinajstić information content (AvgIpc) is 3.26. The molecule has 164 valence electrons. The van der Waals surface area contributed by atoms with E-state index in [9.17, 15) is 9.18 Å². The van der Waals surface area contributed by atoms with E-state index in [1.54, 1.807) is 30.6 Å². The molecule has 0 bridgehead atoms. The van der Waals surface area contributed by atoms with Crippen molar-refractivity contribution in [3.8, 4) is 11.3 Å². The molecule has 0 fully saturated rings. The number of aromatic nitrogens is 2. The van der Waals surface area contributed by atoms with Crippen LogP contribution in [0.1, 0.15) is 5.56 Å². The molecule has 0 spiro atoms. The summed E-state index contributed by atoms with van der Waals surface area (Å²) >= 11 is 1.54. The van der Waals surface area contributed by atoms with Gasteiger partial charge in [0, 0.05) is 30.3 Å². The lowest BCUT2D eigenvalue weighted by Crippen LogP contribution is -2.13. The van der Waals surface area contributed by atoms with E-state index in [0.717, 1.165) is 27.0 Å². The number of thiophene rings is 1. The Kier molecular flexibility index (Phi) is 6.58. The highest BCUT2D eigenvalue weighted by molar-refractivity contribution is 7.17. The van der Waals surface area contributed by atoms with Crippen LogP contribution in [0.2, 0.25) is 0 Å². The van der Waals surface area contributed by atoms with Gasteiger partial charge in [-0.1, -0.05) is 24.3 Å². The summed E-state index contributed by atoms with van der Waals surface area (Å²) < 4.78 is 20.6. The maximum Gasteiger partial charge on any atom is 0.221 e. The van der Waals surface area contributed by atoms with Crippen LogP contribution in [0.4, 0.5) is 21.6 Å².